The predicted molar refractivity (Wildman–Crippen MR) is 88.8 cm³/mol. The van der Waals surface area contributed by atoms with Gasteiger partial charge < -0.3 is 15.8 Å². The van der Waals surface area contributed by atoms with Crippen molar-refractivity contribution in [3.05, 3.63) is 46.4 Å². The van der Waals surface area contributed by atoms with Crippen LogP contribution in [-0.2, 0) is 0 Å². The first-order chi connectivity index (χ1) is 10.1. The fraction of sp³-hybridized carbons (Fsp3) is 0.188. The first kappa shape index (κ1) is 15.2. The largest absolute Gasteiger partial charge is 0.491 e. The van der Waals surface area contributed by atoms with Crippen LogP contribution >= 0.6 is 15.9 Å². The van der Waals surface area contributed by atoms with Gasteiger partial charge in [-0.1, -0.05) is 22.9 Å². The van der Waals surface area contributed by atoms with Crippen molar-refractivity contribution >= 4 is 33.0 Å². The second-order valence-electron chi connectivity index (χ2n) is 4.53. The number of hydrogen-bond donors (Lipinski definition) is 2. The van der Waals surface area contributed by atoms with Crippen molar-refractivity contribution < 1.29 is 4.74 Å². The Morgan fingerprint density at radius 2 is 2.10 bits per heavy atom. The number of nitrogen functional groups attached to an aromatic ring is 1. The van der Waals surface area contributed by atoms with Gasteiger partial charge in [-0.2, -0.15) is 5.26 Å². The maximum absolute atomic E-state index is 9.18. The zero-order valence-electron chi connectivity index (χ0n) is 11.7. The second-order valence-corrected chi connectivity index (χ2v) is 5.44. The number of nitrogens with two attached hydrogens (primary N) is 1. The van der Waals surface area contributed by atoms with Crippen LogP contribution in [0.5, 0.6) is 5.75 Å². The lowest BCUT2D eigenvalue weighted by atomic mass is 10.2. The highest BCUT2D eigenvalue weighted by Crippen LogP contribution is 2.29. The van der Waals surface area contributed by atoms with Crippen LogP contribution in [0.25, 0.3) is 0 Å². The second kappa shape index (κ2) is 7.00. The highest BCUT2D eigenvalue weighted by molar-refractivity contribution is 9.10. The fourth-order valence-corrected chi connectivity index (χ4v) is 2.18. The summed E-state index contributed by atoms with van der Waals surface area (Å²) in [5.41, 5.74) is 8.63. The Balaban J connectivity index is 2.26. The molecule has 0 fully saturated rings. The van der Waals surface area contributed by atoms with Gasteiger partial charge in [0.15, 0.2) is 0 Å². The molecule has 0 aliphatic carbocycles. The molecule has 0 aromatic heterocycles. The highest BCUT2D eigenvalue weighted by Gasteiger charge is 2.06. The van der Waals surface area contributed by atoms with Gasteiger partial charge in [0.2, 0.25) is 0 Å². The van der Waals surface area contributed by atoms with Crippen molar-refractivity contribution in [2.24, 2.45) is 0 Å². The van der Waals surface area contributed by atoms with Crippen LogP contribution < -0.4 is 15.8 Å². The first-order valence-electron chi connectivity index (χ1n) is 6.63. The first-order valence-corrected chi connectivity index (χ1v) is 7.42. The normalized spacial score (nSPS) is 9.95. The molecule has 0 radical (unpaired) electrons. The molecule has 0 aliphatic heterocycles. The Bertz CT molecular complexity index is 680. The van der Waals surface area contributed by atoms with E-state index in [1.54, 1.807) is 12.1 Å². The maximum Gasteiger partial charge on any atom is 0.144 e. The summed E-state index contributed by atoms with van der Waals surface area (Å²) in [4.78, 5) is 0. The minimum atomic E-state index is 0.567. The molecule has 21 heavy (non-hydrogen) atoms. The van der Waals surface area contributed by atoms with Crippen LogP contribution in [0.1, 0.15) is 18.9 Å². The Morgan fingerprint density at radius 3 is 2.81 bits per heavy atom. The van der Waals surface area contributed by atoms with E-state index < -0.39 is 0 Å². The van der Waals surface area contributed by atoms with E-state index in [1.807, 2.05) is 31.2 Å². The Hall–Kier alpha value is -2.19. The van der Waals surface area contributed by atoms with E-state index in [0.717, 1.165) is 22.3 Å². The molecule has 0 spiro atoms. The van der Waals surface area contributed by atoms with E-state index in [9.17, 15) is 5.26 Å². The summed E-state index contributed by atoms with van der Waals surface area (Å²) in [5.74, 6) is 0.650. The number of benzene rings is 2. The molecular formula is C16H16BrN3O. The third kappa shape index (κ3) is 3.89. The molecule has 0 saturated heterocycles. The number of nitriles is 1. The number of anilines is 3. The monoisotopic (exact) mass is 345 g/mol. The topological polar surface area (TPSA) is 71.1 Å². The van der Waals surface area contributed by atoms with Gasteiger partial charge in [0.05, 0.1) is 23.5 Å². The standard InChI is InChI=1S/C16H16BrN3O/c1-2-7-21-16-9-13(4-5-14(16)19)20-15-6-3-12(17)8-11(15)10-18/h3-6,8-9,20H,2,7,19H2,1H3. The number of hydrogen-bond acceptors (Lipinski definition) is 4. The van der Waals surface area contributed by atoms with E-state index in [1.165, 1.54) is 0 Å². The van der Waals surface area contributed by atoms with Gasteiger partial charge in [-0.25, -0.2) is 0 Å². The van der Waals surface area contributed by atoms with E-state index in [2.05, 4.69) is 27.3 Å². The van der Waals surface area contributed by atoms with Crippen molar-refractivity contribution in [1.82, 2.24) is 0 Å². The zero-order valence-corrected chi connectivity index (χ0v) is 13.3. The Kier molecular flexibility index (Phi) is 5.07. The van der Waals surface area contributed by atoms with Crippen molar-refractivity contribution in [1.29, 1.82) is 5.26 Å². The fourth-order valence-electron chi connectivity index (χ4n) is 1.82. The van der Waals surface area contributed by atoms with Crippen LogP contribution in [0, 0.1) is 11.3 Å². The summed E-state index contributed by atoms with van der Waals surface area (Å²) < 4.78 is 6.47. The van der Waals surface area contributed by atoms with Gasteiger partial charge in [0.1, 0.15) is 11.8 Å². The zero-order chi connectivity index (χ0) is 15.2. The molecule has 0 amide bonds. The quantitative estimate of drug-likeness (QED) is 0.786. The van der Waals surface area contributed by atoms with Crippen LogP contribution in [0.15, 0.2) is 40.9 Å². The Morgan fingerprint density at radius 1 is 1.29 bits per heavy atom. The molecule has 0 unspecified atom stereocenters. The molecule has 2 rings (SSSR count). The third-order valence-electron chi connectivity index (χ3n) is 2.86. The van der Waals surface area contributed by atoms with Gasteiger partial charge in [-0.3, -0.25) is 0 Å². The molecule has 0 aliphatic rings. The number of rotatable bonds is 5. The molecule has 108 valence electrons. The number of nitrogens with zero attached hydrogens (tertiary/aromatic N) is 1. The minimum Gasteiger partial charge on any atom is -0.491 e. The highest BCUT2D eigenvalue weighted by atomic mass is 79.9. The molecule has 2 aromatic carbocycles. The summed E-state index contributed by atoms with van der Waals surface area (Å²) in [6.07, 6.45) is 0.919. The lowest BCUT2D eigenvalue weighted by molar-refractivity contribution is 0.319. The molecule has 0 atom stereocenters. The number of ether oxygens (including phenoxy) is 1. The number of nitrogens with one attached hydrogen (secondary N) is 1. The van der Waals surface area contributed by atoms with Gasteiger partial charge in [-0.15, -0.1) is 0 Å². The lowest BCUT2D eigenvalue weighted by Crippen LogP contribution is -2.00. The molecule has 5 heteroatoms. The molecule has 0 bridgehead atoms. The molecule has 3 N–H and O–H groups in total. The number of halogens is 1. The predicted octanol–water partition coefficient (Wildman–Crippen LogP) is 4.44. The van der Waals surface area contributed by atoms with Crippen molar-refractivity contribution in [2.45, 2.75) is 13.3 Å². The molecule has 0 saturated carbocycles. The van der Waals surface area contributed by atoms with Gasteiger partial charge in [0.25, 0.3) is 0 Å². The SMILES string of the molecule is CCCOc1cc(Nc2ccc(Br)cc2C#N)ccc1N. The summed E-state index contributed by atoms with van der Waals surface area (Å²) >= 11 is 3.36. The Labute approximate surface area is 132 Å². The van der Waals surface area contributed by atoms with Gasteiger partial charge >= 0.3 is 0 Å². The van der Waals surface area contributed by atoms with Crippen molar-refractivity contribution in [2.75, 3.05) is 17.7 Å². The minimum absolute atomic E-state index is 0.567. The van der Waals surface area contributed by atoms with E-state index >= 15 is 0 Å². The van der Waals surface area contributed by atoms with Crippen LogP contribution in [0.4, 0.5) is 17.1 Å². The summed E-state index contributed by atoms with van der Waals surface area (Å²) in [7, 11) is 0. The summed E-state index contributed by atoms with van der Waals surface area (Å²) in [5, 5.41) is 12.4. The smallest absolute Gasteiger partial charge is 0.144 e. The molecule has 2 aromatic rings. The molecule has 4 nitrogen and oxygen atoms in total. The van der Waals surface area contributed by atoms with Crippen molar-refractivity contribution in [3.8, 4) is 11.8 Å². The molecular weight excluding hydrogens is 330 g/mol. The van der Waals surface area contributed by atoms with Crippen LogP contribution in [-0.4, -0.2) is 6.61 Å². The van der Waals surface area contributed by atoms with Gasteiger partial charge in [0, 0.05) is 16.2 Å². The molecule has 0 heterocycles. The van der Waals surface area contributed by atoms with Crippen molar-refractivity contribution in [3.63, 3.8) is 0 Å². The van der Waals surface area contributed by atoms with Gasteiger partial charge in [-0.05, 0) is 36.8 Å². The third-order valence-corrected chi connectivity index (χ3v) is 3.35. The van der Waals surface area contributed by atoms with Crippen LogP contribution in [0.3, 0.4) is 0 Å². The van der Waals surface area contributed by atoms with E-state index in [0.29, 0.717) is 23.6 Å². The summed E-state index contributed by atoms with van der Waals surface area (Å²) in [6.45, 7) is 2.66. The lowest BCUT2D eigenvalue weighted by Gasteiger charge is -2.12. The van der Waals surface area contributed by atoms with E-state index in [4.69, 9.17) is 10.5 Å². The average Bonchev–Trinajstić information content (AvgIpc) is 2.49. The maximum atomic E-state index is 9.18. The summed E-state index contributed by atoms with van der Waals surface area (Å²) in [6, 6.07) is 13.2. The van der Waals surface area contributed by atoms with Crippen LogP contribution in [0.2, 0.25) is 0 Å². The average molecular weight is 346 g/mol. The van der Waals surface area contributed by atoms with E-state index in [-0.39, 0.29) is 0 Å².